The molecule has 1 N–H and O–H groups in total. The van der Waals surface area contributed by atoms with Gasteiger partial charge in [-0.2, -0.15) is 0 Å². The average Bonchev–Trinajstić information content (AvgIpc) is 2.98. The Hall–Kier alpha value is -2.15. The zero-order valence-corrected chi connectivity index (χ0v) is 12.9. The van der Waals surface area contributed by atoms with Gasteiger partial charge in [0.25, 0.3) is 0 Å². The Morgan fingerprint density at radius 1 is 1.05 bits per heavy atom. The normalized spacial score (nSPS) is 14.5. The molecule has 1 aliphatic rings. The third-order valence-electron chi connectivity index (χ3n) is 4.02. The Labute approximate surface area is 126 Å². The Morgan fingerprint density at radius 2 is 1.71 bits per heavy atom. The Balaban J connectivity index is 2.24. The van der Waals surface area contributed by atoms with Crippen LogP contribution in [0, 0.1) is 10.8 Å². The molecule has 2 aromatic carbocycles. The van der Waals surface area contributed by atoms with Crippen molar-refractivity contribution in [2.24, 2.45) is 5.41 Å². The van der Waals surface area contributed by atoms with Crippen molar-refractivity contribution in [1.29, 1.82) is 5.41 Å². The largest absolute Gasteiger partial charge is 0.304 e. The fourth-order valence-corrected chi connectivity index (χ4v) is 2.76. The maximum atomic E-state index is 8.61. The summed E-state index contributed by atoms with van der Waals surface area (Å²) in [7, 11) is 0. The van der Waals surface area contributed by atoms with Crippen LogP contribution >= 0.6 is 0 Å². The molecule has 0 amide bonds. The number of nitrogens with one attached hydrogen (secondary N) is 1. The fraction of sp³-hybridized carbons (Fsp3) is 0.250. The van der Waals surface area contributed by atoms with Crippen LogP contribution in [0.4, 0.5) is 0 Å². The van der Waals surface area contributed by atoms with Gasteiger partial charge in [-0.05, 0) is 40.5 Å². The van der Waals surface area contributed by atoms with Crippen LogP contribution in [0.1, 0.15) is 38.3 Å². The lowest BCUT2D eigenvalue weighted by atomic mass is 9.81. The highest BCUT2D eigenvalue weighted by Gasteiger charge is 2.23. The number of allylic oxidation sites excluding steroid dienone is 4. The van der Waals surface area contributed by atoms with Gasteiger partial charge in [0, 0.05) is 16.7 Å². The first kappa shape index (κ1) is 13.8. The summed E-state index contributed by atoms with van der Waals surface area (Å²) in [6.07, 6.45) is 7.41. The number of hydrogen-bond donors (Lipinski definition) is 1. The molecule has 0 saturated heterocycles. The minimum Gasteiger partial charge on any atom is -0.304 e. The van der Waals surface area contributed by atoms with E-state index >= 15 is 0 Å². The van der Waals surface area contributed by atoms with Crippen molar-refractivity contribution in [2.75, 3.05) is 0 Å². The van der Waals surface area contributed by atoms with Crippen LogP contribution in [0.25, 0.3) is 16.3 Å². The molecule has 0 fully saturated rings. The third kappa shape index (κ3) is 2.56. The Kier molecular flexibility index (Phi) is 3.29. The molecule has 106 valence electrons. The van der Waals surface area contributed by atoms with Gasteiger partial charge in [0.2, 0.25) is 0 Å². The van der Waals surface area contributed by atoms with Gasteiger partial charge >= 0.3 is 0 Å². The van der Waals surface area contributed by atoms with E-state index < -0.39 is 0 Å². The van der Waals surface area contributed by atoms with Crippen molar-refractivity contribution in [2.45, 2.75) is 27.2 Å². The van der Waals surface area contributed by atoms with Crippen LogP contribution in [0.15, 0.2) is 54.6 Å². The standard InChI is InChI=1S/C20H21N/c1-20(2,3)19(21)18-13-16-11-7-6-10-15(16)12-17(18)14-8-4-5-9-14/h4-8,10-13,21H,9H2,1-3H3. The first-order valence-corrected chi connectivity index (χ1v) is 7.45. The van der Waals surface area contributed by atoms with E-state index in [0.717, 1.165) is 12.0 Å². The molecular weight excluding hydrogens is 254 g/mol. The molecule has 0 bridgehead atoms. The third-order valence-corrected chi connectivity index (χ3v) is 4.02. The predicted molar refractivity (Wildman–Crippen MR) is 92.0 cm³/mol. The summed E-state index contributed by atoms with van der Waals surface area (Å²) < 4.78 is 0. The van der Waals surface area contributed by atoms with Crippen LogP contribution in [-0.2, 0) is 0 Å². The van der Waals surface area contributed by atoms with Crippen LogP contribution in [0.3, 0.4) is 0 Å². The fourth-order valence-electron chi connectivity index (χ4n) is 2.76. The van der Waals surface area contributed by atoms with E-state index in [9.17, 15) is 0 Å². The molecule has 1 heteroatoms. The maximum Gasteiger partial charge on any atom is 0.0445 e. The van der Waals surface area contributed by atoms with E-state index in [0.29, 0.717) is 5.71 Å². The lowest BCUT2D eigenvalue weighted by Gasteiger charge is -2.23. The van der Waals surface area contributed by atoms with E-state index in [1.165, 1.54) is 21.9 Å². The van der Waals surface area contributed by atoms with Crippen molar-refractivity contribution in [3.05, 3.63) is 65.8 Å². The molecular formula is C20H21N. The number of hydrogen-bond acceptors (Lipinski definition) is 1. The van der Waals surface area contributed by atoms with Crippen molar-refractivity contribution in [1.82, 2.24) is 0 Å². The van der Waals surface area contributed by atoms with Crippen LogP contribution in [0.5, 0.6) is 0 Å². The first-order chi connectivity index (χ1) is 9.97. The van der Waals surface area contributed by atoms with Crippen molar-refractivity contribution < 1.29 is 0 Å². The minimum atomic E-state index is -0.149. The van der Waals surface area contributed by atoms with Gasteiger partial charge in [-0.15, -0.1) is 0 Å². The van der Waals surface area contributed by atoms with E-state index in [1.807, 2.05) is 0 Å². The van der Waals surface area contributed by atoms with E-state index in [1.54, 1.807) is 0 Å². The van der Waals surface area contributed by atoms with E-state index in [2.05, 4.69) is 75.4 Å². The number of benzene rings is 2. The lowest BCUT2D eigenvalue weighted by Crippen LogP contribution is -2.21. The topological polar surface area (TPSA) is 23.9 Å². The second kappa shape index (κ2) is 5.00. The second-order valence-corrected chi connectivity index (χ2v) is 6.69. The molecule has 0 unspecified atom stereocenters. The molecule has 0 heterocycles. The molecule has 0 aliphatic heterocycles. The van der Waals surface area contributed by atoms with Crippen molar-refractivity contribution >= 4 is 22.1 Å². The van der Waals surface area contributed by atoms with Gasteiger partial charge in [0.15, 0.2) is 0 Å². The minimum absolute atomic E-state index is 0.149. The highest BCUT2D eigenvalue weighted by atomic mass is 14.5. The molecule has 21 heavy (non-hydrogen) atoms. The average molecular weight is 275 g/mol. The molecule has 1 nitrogen and oxygen atoms in total. The SMILES string of the molecule is CC(C)(C)C(=N)c1cc2ccccc2cc1C1=CC=CC1. The van der Waals surface area contributed by atoms with E-state index in [4.69, 9.17) is 5.41 Å². The monoisotopic (exact) mass is 275 g/mol. The lowest BCUT2D eigenvalue weighted by molar-refractivity contribution is 0.588. The van der Waals surface area contributed by atoms with Crippen LogP contribution in [0.2, 0.25) is 0 Å². The van der Waals surface area contributed by atoms with Gasteiger partial charge < -0.3 is 5.41 Å². The van der Waals surface area contributed by atoms with Gasteiger partial charge in [-0.3, -0.25) is 0 Å². The van der Waals surface area contributed by atoms with Crippen molar-refractivity contribution in [3.63, 3.8) is 0 Å². The molecule has 0 spiro atoms. The van der Waals surface area contributed by atoms with Crippen LogP contribution < -0.4 is 0 Å². The zero-order chi connectivity index (χ0) is 15.0. The number of fused-ring (bicyclic) bond motifs is 1. The molecule has 3 rings (SSSR count). The first-order valence-electron chi connectivity index (χ1n) is 7.45. The van der Waals surface area contributed by atoms with Gasteiger partial charge in [-0.25, -0.2) is 0 Å². The summed E-state index contributed by atoms with van der Waals surface area (Å²) in [5, 5.41) is 11.1. The number of rotatable bonds is 2. The Bertz CT molecular complexity index is 770. The summed E-state index contributed by atoms with van der Waals surface area (Å²) in [5.74, 6) is 0. The Morgan fingerprint density at radius 3 is 2.29 bits per heavy atom. The van der Waals surface area contributed by atoms with Gasteiger partial charge in [-0.1, -0.05) is 63.3 Å². The summed E-state index contributed by atoms with van der Waals surface area (Å²) in [6, 6.07) is 12.8. The summed E-state index contributed by atoms with van der Waals surface area (Å²) in [4.78, 5) is 0. The van der Waals surface area contributed by atoms with Gasteiger partial charge in [0.05, 0.1) is 0 Å². The quantitative estimate of drug-likeness (QED) is 0.690. The molecule has 0 radical (unpaired) electrons. The summed E-state index contributed by atoms with van der Waals surface area (Å²) in [5.41, 5.74) is 4.14. The molecule has 0 atom stereocenters. The van der Waals surface area contributed by atoms with E-state index in [-0.39, 0.29) is 5.41 Å². The van der Waals surface area contributed by atoms with Crippen LogP contribution in [-0.4, -0.2) is 5.71 Å². The molecule has 2 aromatic rings. The van der Waals surface area contributed by atoms with Gasteiger partial charge in [0.1, 0.15) is 0 Å². The highest BCUT2D eigenvalue weighted by Crippen LogP contribution is 2.33. The molecule has 0 aromatic heterocycles. The molecule has 1 aliphatic carbocycles. The predicted octanol–water partition coefficient (Wildman–Crippen LogP) is 5.60. The smallest absolute Gasteiger partial charge is 0.0445 e. The summed E-state index contributed by atoms with van der Waals surface area (Å²) in [6.45, 7) is 6.32. The highest BCUT2D eigenvalue weighted by molar-refractivity contribution is 6.08. The maximum absolute atomic E-state index is 8.61. The summed E-state index contributed by atoms with van der Waals surface area (Å²) >= 11 is 0. The zero-order valence-electron chi connectivity index (χ0n) is 12.9. The van der Waals surface area contributed by atoms with Crippen molar-refractivity contribution in [3.8, 4) is 0 Å². The molecule has 0 saturated carbocycles. The second-order valence-electron chi connectivity index (χ2n) is 6.69.